The molecule has 0 aliphatic rings. The number of carbonyl (C=O) groups excluding carboxylic acids is 2. The average Bonchev–Trinajstić information content (AvgIpc) is 2.55. The van der Waals surface area contributed by atoms with Gasteiger partial charge in [0, 0.05) is 12.6 Å². The highest BCUT2D eigenvalue weighted by molar-refractivity contribution is 5.88. The van der Waals surface area contributed by atoms with Crippen molar-refractivity contribution in [3.8, 4) is 11.5 Å². The Morgan fingerprint density at radius 2 is 1.65 bits per heavy atom. The molecule has 0 aliphatic heterocycles. The second-order valence-electron chi connectivity index (χ2n) is 6.58. The molecule has 1 atom stereocenters. The summed E-state index contributed by atoms with van der Waals surface area (Å²) in [6, 6.07) is 12.6. The van der Waals surface area contributed by atoms with Gasteiger partial charge < -0.3 is 14.8 Å². The highest BCUT2D eigenvalue weighted by atomic mass is 16.6. The SMILES string of the molecule is CC(=O)Nc1ccc(OC(=O)C(C)Oc2cc(C)ccc2C(C)C)cc1. The molecule has 0 spiro atoms. The summed E-state index contributed by atoms with van der Waals surface area (Å²) >= 11 is 0. The summed E-state index contributed by atoms with van der Waals surface area (Å²) in [4.78, 5) is 23.4. The Labute approximate surface area is 154 Å². The van der Waals surface area contributed by atoms with Crippen molar-refractivity contribution in [3.63, 3.8) is 0 Å². The van der Waals surface area contributed by atoms with E-state index in [-0.39, 0.29) is 11.8 Å². The molecule has 0 saturated heterocycles. The van der Waals surface area contributed by atoms with Crippen molar-refractivity contribution in [2.24, 2.45) is 0 Å². The van der Waals surface area contributed by atoms with E-state index in [1.54, 1.807) is 31.2 Å². The van der Waals surface area contributed by atoms with Gasteiger partial charge in [-0.1, -0.05) is 26.0 Å². The zero-order chi connectivity index (χ0) is 19.3. The van der Waals surface area contributed by atoms with Crippen molar-refractivity contribution in [1.82, 2.24) is 0 Å². The third-order valence-electron chi connectivity index (χ3n) is 3.82. The maximum Gasteiger partial charge on any atom is 0.352 e. The van der Waals surface area contributed by atoms with E-state index < -0.39 is 12.1 Å². The van der Waals surface area contributed by atoms with Crippen LogP contribution in [0.4, 0.5) is 5.69 Å². The number of hydrogen-bond donors (Lipinski definition) is 1. The van der Waals surface area contributed by atoms with Crippen LogP contribution in [0.25, 0.3) is 0 Å². The van der Waals surface area contributed by atoms with Gasteiger partial charge in [0.1, 0.15) is 11.5 Å². The first-order valence-corrected chi connectivity index (χ1v) is 8.63. The zero-order valence-corrected chi connectivity index (χ0v) is 15.8. The van der Waals surface area contributed by atoms with Crippen LogP contribution in [0.1, 0.15) is 44.7 Å². The summed E-state index contributed by atoms with van der Waals surface area (Å²) in [5.41, 5.74) is 2.76. The van der Waals surface area contributed by atoms with Crippen LogP contribution in [-0.4, -0.2) is 18.0 Å². The Bertz CT molecular complexity index is 781. The molecule has 0 heterocycles. The minimum Gasteiger partial charge on any atom is -0.479 e. The zero-order valence-electron chi connectivity index (χ0n) is 15.8. The second kappa shape index (κ2) is 8.52. The standard InChI is InChI=1S/C21H25NO4/c1-13(2)19-11-6-14(3)12-20(19)25-15(4)21(24)26-18-9-7-17(8-10-18)22-16(5)23/h6-13,15H,1-5H3,(H,22,23). The predicted octanol–water partition coefficient (Wildman–Crippen LogP) is 4.45. The summed E-state index contributed by atoms with van der Waals surface area (Å²) < 4.78 is 11.2. The number of anilines is 1. The van der Waals surface area contributed by atoms with Crippen molar-refractivity contribution >= 4 is 17.6 Å². The summed E-state index contributed by atoms with van der Waals surface area (Å²) in [5.74, 6) is 0.748. The quantitative estimate of drug-likeness (QED) is 0.614. The first-order chi connectivity index (χ1) is 12.3. The first-order valence-electron chi connectivity index (χ1n) is 8.63. The van der Waals surface area contributed by atoms with E-state index >= 15 is 0 Å². The number of hydrogen-bond acceptors (Lipinski definition) is 4. The van der Waals surface area contributed by atoms with E-state index in [1.165, 1.54) is 6.92 Å². The number of esters is 1. The van der Waals surface area contributed by atoms with E-state index in [1.807, 2.05) is 25.1 Å². The normalized spacial score (nSPS) is 11.8. The Morgan fingerprint density at radius 3 is 2.23 bits per heavy atom. The molecule has 0 radical (unpaired) electrons. The fourth-order valence-corrected chi connectivity index (χ4v) is 2.47. The Morgan fingerprint density at radius 1 is 1.00 bits per heavy atom. The van der Waals surface area contributed by atoms with Gasteiger partial charge in [-0.25, -0.2) is 4.79 Å². The second-order valence-corrected chi connectivity index (χ2v) is 6.58. The number of aryl methyl sites for hydroxylation is 1. The van der Waals surface area contributed by atoms with Crippen molar-refractivity contribution in [2.75, 3.05) is 5.32 Å². The van der Waals surface area contributed by atoms with E-state index in [2.05, 4.69) is 19.2 Å². The van der Waals surface area contributed by atoms with Crippen molar-refractivity contribution in [1.29, 1.82) is 0 Å². The number of ether oxygens (including phenoxy) is 2. The molecule has 5 nitrogen and oxygen atoms in total. The molecule has 1 amide bonds. The van der Waals surface area contributed by atoms with Crippen LogP contribution in [0, 0.1) is 6.92 Å². The average molecular weight is 355 g/mol. The lowest BCUT2D eigenvalue weighted by atomic mass is 10.0. The molecule has 1 unspecified atom stereocenters. The molecule has 2 rings (SSSR count). The van der Waals surface area contributed by atoms with E-state index in [4.69, 9.17) is 9.47 Å². The van der Waals surface area contributed by atoms with Crippen LogP contribution in [0.2, 0.25) is 0 Å². The van der Waals surface area contributed by atoms with Gasteiger partial charge in [-0.3, -0.25) is 4.79 Å². The third-order valence-corrected chi connectivity index (χ3v) is 3.82. The molecule has 0 saturated carbocycles. The van der Waals surface area contributed by atoms with Gasteiger partial charge in [0.25, 0.3) is 0 Å². The number of carbonyl (C=O) groups is 2. The minimum atomic E-state index is -0.746. The van der Waals surface area contributed by atoms with Gasteiger partial charge in [-0.05, 0) is 61.2 Å². The van der Waals surface area contributed by atoms with Gasteiger partial charge in [0.05, 0.1) is 0 Å². The molecule has 0 bridgehead atoms. The van der Waals surface area contributed by atoms with E-state index in [0.29, 0.717) is 17.2 Å². The molecule has 1 N–H and O–H groups in total. The number of benzene rings is 2. The molecule has 0 fully saturated rings. The van der Waals surface area contributed by atoms with Gasteiger partial charge >= 0.3 is 5.97 Å². The van der Waals surface area contributed by atoms with Crippen molar-refractivity contribution < 1.29 is 19.1 Å². The van der Waals surface area contributed by atoms with Crippen molar-refractivity contribution in [3.05, 3.63) is 53.6 Å². The van der Waals surface area contributed by atoms with Crippen LogP contribution in [0.5, 0.6) is 11.5 Å². The molecule has 0 aromatic heterocycles. The highest BCUT2D eigenvalue weighted by Gasteiger charge is 2.19. The Kier molecular flexibility index (Phi) is 6.39. The van der Waals surface area contributed by atoms with Gasteiger partial charge in [-0.15, -0.1) is 0 Å². The molecule has 2 aromatic rings. The molecule has 2 aromatic carbocycles. The molecule has 138 valence electrons. The lowest BCUT2D eigenvalue weighted by molar-refractivity contribution is -0.141. The fraction of sp³-hybridized carbons (Fsp3) is 0.333. The Balaban J connectivity index is 2.04. The van der Waals surface area contributed by atoms with Gasteiger partial charge in [0.2, 0.25) is 5.91 Å². The van der Waals surface area contributed by atoms with Crippen LogP contribution in [0.15, 0.2) is 42.5 Å². The monoisotopic (exact) mass is 355 g/mol. The van der Waals surface area contributed by atoms with Crippen molar-refractivity contribution in [2.45, 2.75) is 46.6 Å². The van der Waals surface area contributed by atoms with E-state index in [9.17, 15) is 9.59 Å². The predicted molar refractivity (Wildman–Crippen MR) is 102 cm³/mol. The Hall–Kier alpha value is -2.82. The summed E-state index contributed by atoms with van der Waals surface area (Å²) in [7, 11) is 0. The molecular weight excluding hydrogens is 330 g/mol. The van der Waals surface area contributed by atoms with Gasteiger partial charge in [-0.2, -0.15) is 0 Å². The molecule has 0 aliphatic carbocycles. The topological polar surface area (TPSA) is 64.6 Å². The lowest BCUT2D eigenvalue weighted by Gasteiger charge is -2.19. The number of nitrogens with one attached hydrogen (secondary N) is 1. The molecule has 26 heavy (non-hydrogen) atoms. The highest BCUT2D eigenvalue weighted by Crippen LogP contribution is 2.28. The van der Waals surface area contributed by atoms with Gasteiger partial charge in [0.15, 0.2) is 6.10 Å². The largest absolute Gasteiger partial charge is 0.479 e. The molecule has 5 heteroatoms. The van der Waals surface area contributed by atoms with Crippen LogP contribution >= 0.6 is 0 Å². The lowest BCUT2D eigenvalue weighted by Crippen LogP contribution is -2.28. The minimum absolute atomic E-state index is 0.157. The summed E-state index contributed by atoms with van der Waals surface area (Å²) in [6.07, 6.45) is -0.746. The maximum absolute atomic E-state index is 12.3. The van der Waals surface area contributed by atoms with Crippen LogP contribution in [-0.2, 0) is 9.59 Å². The summed E-state index contributed by atoms with van der Waals surface area (Å²) in [6.45, 7) is 9.25. The number of rotatable bonds is 6. The van der Waals surface area contributed by atoms with Crippen LogP contribution < -0.4 is 14.8 Å². The third kappa shape index (κ3) is 5.34. The summed E-state index contributed by atoms with van der Waals surface area (Å²) in [5, 5.41) is 2.66. The molecular formula is C21H25NO4. The van der Waals surface area contributed by atoms with E-state index in [0.717, 1.165) is 11.1 Å². The first kappa shape index (κ1) is 19.5. The number of amides is 1. The fourth-order valence-electron chi connectivity index (χ4n) is 2.47. The maximum atomic E-state index is 12.3. The van der Waals surface area contributed by atoms with Crippen LogP contribution in [0.3, 0.4) is 0 Å². The smallest absolute Gasteiger partial charge is 0.352 e.